The highest BCUT2D eigenvalue weighted by Gasteiger charge is 2.28. The third-order valence-electron chi connectivity index (χ3n) is 6.40. The van der Waals surface area contributed by atoms with Gasteiger partial charge in [-0.05, 0) is 42.2 Å². The number of rotatable bonds is 8. The highest BCUT2D eigenvalue weighted by Crippen LogP contribution is 2.36. The van der Waals surface area contributed by atoms with E-state index >= 15 is 0 Å². The minimum absolute atomic E-state index is 0.179. The Kier molecular flexibility index (Phi) is 8.07. The molecule has 1 unspecified atom stereocenters. The molecule has 0 spiro atoms. The van der Waals surface area contributed by atoms with Gasteiger partial charge in [-0.1, -0.05) is 32.0 Å². The lowest BCUT2D eigenvalue weighted by molar-refractivity contribution is -0.139. The van der Waals surface area contributed by atoms with Gasteiger partial charge in [0.1, 0.15) is 5.82 Å². The van der Waals surface area contributed by atoms with E-state index in [9.17, 15) is 14.0 Å². The number of piperazine rings is 1. The van der Waals surface area contributed by atoms with Crippen LogP contribution in [0, 0.1) is 11.7 Å². The first-order chi connectivity index (χ1) is 16.9. The van der Waals surface area contributed by atoms with Crippen LogP contribution in [0.2, 0.25) is 0 Å². The molecule has 1 saturated heterocycles. The molecule has 188 valence electrons. The van der Waals surface area contributed by atoms with E-state index in [4.69, 9.17) is 9.47 Å². The quantitative estimate of drug-likeness (QED) is 0.561. The van der Waals surface area contributed by atoms with Crippen molar-refractivity contribution in [2.75, 3.05) is 51.0 Å². The number of carbonyl (C=O) groups excluding carboxylic acids is 2. The predicted molar refractivity (Wildman–Crippen MR) is 131 cm³/mol. The first-order valence-corrected chi connectivity index (χ1v) is 12.1. The van der Waals surface area contributed by atoms with Crippen LogP contribution in [0.3, 0.4) is 0 Å². The molecule has 2 amide bonds. The number of para-hydroxylation sites is 1. The number of fused-ring (bicyclic) bond motifs is 1. The molecule has 35 heavy (non-hydrogen) atoms. The molecule has 0 saturated carbocycles. The van der Waals surface area contributed by atoms with Gasteiger partial charge in [0.15, 0.2) is 11.5 Å². The fourth-order valence-corrected chi connectivity index (χ4v) is 4.39. The summed E-state index contributed by atoms with van der Waals surface area (Å²) in [6.07, 6.45) is 0.811. The smallest absolute Gasteiger partial charge is 0.309 e. The molecule has 8 nitrogen and oxygen atoms in total. The Labute approximate surface area is 205 Å². The van der Waals surface area contributed by atoms with Crippen LogP contribution in [0.5, 0.6) is 11.5 Å². The molecule has 9 heteroatoms. The monoisotopic (exact) mass is 484 g/mol. The molecule has 1 atom stereocenters. The number of carbonyl (C=O) groups is 2. The minimum Gasteiger partial charge on any atom is -0.454 e. The van der Waals surface area contributed by atoms with Crippen molar-refractivity contribution in [3.8, 4) is 11.5 Å². The van der Waals surface area contributed by atoms with E-state index in [2.05, 4.69) is 29.4 Å². The normalized spacial score (nSPS) is 16.3. The maximum absolute atomic E-state index is 14.3. The van der Waals surface area contributed by atoms with E-state index < -0.39 is 11.8 Å². The molecule has 2 aromatic carbocycles. The fourth-order valence-electron chi connectivity index (χ4n) is 4.39. The number of ether oxygens (including phenoxy) is 2. The number of halogens is 1. The lowest BCUT2D eigenvalue weighted by atomic mass is 10.0. The molecule has 0 radical (unpaired) electrons. The van der Waals surface area contributed by atoms with E-state index in [1.165, 1.54) is 6.07 Å². The largest absolute Gasteiger partial charge is 0.454 e. The summed E-state index contributed by atoms with van der Waals surface area (Å²) < 4.78 is 25.3. The first kappa shape index (κ1) is 24.8. The Bertz CT molecular complexity index is 1040. The highest BCUT2D eigenvalue weighted by molar-refractivity contribution is 6.35. The van der Waals surface area contributed by atoms with Crippen LogP contribution >= 0.6 is 0 Å². The van der Waals surface area contributed by atoms with Gasteiger partial charge in [-0.15, -0.1) is 0 Å². The van der Waals surface area contributed by atoms with E-state index in [1.54, 1.807) is 12.1 Å². The third kappa shape index (κ3) is 6.22. The number of nitrogens with zero attached hydrogens (tertiary/aromatic N) is 2. The van der Waals surface area contributed by atoms with Crippen molar-refractivity contribution in [1.82, 2.24) is 15.5 Å². The standard InChI is InChI=1S/C26H33FN4O4/c1-18(2)9-10-28-25(32)26(33)29-16-22(19-7-8-23-24(15-19)35-17-34-23)31-13-11-30(12-14-31)21-6-4-3-5-20(21)27/h3-8,15,18,22H,9-14,16-17H2,1-2H3,(H,28,32)(H,29,33). The molecule has 2 aliphatic rings. The molecular weight excluding hydrogens is 451 g/mol. The summed E-state index contributed by atoms with van der Waals surface area (Å²) >= 11 is 0. The van der Waals surface area contributed by atoms with Gasteiger partial charge < -0.3 is 25.0 Å². The van der Waals surface area contributed by atoms with Crippen LogP contribution in [0.4, 0.5) is 10.1 Å². The van der Waals surface area contributed by atoms with Crippen molar-refractivity contribution in [3.63, 3.8) is 0 Å². The topological polar surface area (TPSA) is 83.1 Å². The zero-order chi connectivity index (χ0) is 24.8. The number of benzene rings is 2. The third-order valence-corrected chi connectivity index (χ3v) is 6.40. The Morgan fingerprint density at radius 3 is 2.43 bits per heavy atom. The van der Waals surface area contributed by atoms with E-state index in [-0.39, 0.29) is 25.2 Å². The van der Waals surface area contributed by atoms with Crippen LogP contribution in [-0.4, -0.2) is 62.8 Å². The fraction of sp³-hybridized carbons (Fsp3) is 0.462. The van der Waals surface area contributed by atoms with Crippen molar-refractivity contribution in [3.05, 3.63) is 53.8 Å². The van der Waals surface area contributed by atoms with Gasteiger partial charge in [-0.25, -0.2) is 4.39 Å². The van der Waals surface area contributed by atoms with Crippen molar-refractivity contribution < 1.29 is 23.5 Å². The van der Waals surface area contributed by atoms with Gasteiger partial charge in [0.2, 0.25) is 6.79 Å². The molecule has 0 aliphatic carbocycles. The van der Waals surface area contributed by atoms with Gasteiger partial charge in [0.05, 0.1) is 11.7 Å². The Morgan fingerprint density at radius 1 is 0.971 bits per heavy atom. The predicted octanol–water partition coefficient (Wildman–Crippen LogP) is 2.70. The summed E-state index contributed by atoms with van der Waals surface area (Å²) in [5, 5.41) is 5.47. The Hall–Kier alpha value is -3.33. The van der Waals surface area contributed by atoms with Crippen LogP contribution in [0.25, 0.3) is 0 Å². The summed E-state index contributed by atoms with van der Waals surface area (Å²) in [5.41, 5.74) is 1.55. The second-order valence-corrected chi connectivity index (χ2v) is 9.25. The molecule has 2 N–H and O–H groups in total. The average Bonchev–Trinajstić information content (AvgIpc) is 3.32. The summed E-state index contributed by atoms with van der Waals surface area (Å²) in [7, 11) is 0. The average molecular weight is 485 g/mol. The number of hydrogen-bond acceptors (Lipinski definition) is 6. The zero-order valence-corrected chi connectivity index (χ0v) is 20.3. The van der Waals surface area contributed by atoms with E-state index in [0.29, 0.717) is 55.8 Å². The lowest BCUT2D eigenvalue weighted by Crippen LogP contribution is -2.51. The summed E-state index contributed by atoms with van der Waals surface area (Å²) in [6, 6.07) is 12.3. The van der Waals surface area contributed by atoms with Crippen LogP contribution < -0.4 is 25.0 Å². The molecule has 2 aromatic rings. The second kappa shape index (κ2) is 11.4. The summed E-state index contributed by atoms with van der Waals surface area (Å²) in [6.45, 7) is 7.66. The summed E-state index contributed by atoms with van der Waals surface area (Å²) in [5.74, 6) is 0.283. The van der Waals surface area contributed by atoms with Crippen molar-refractivity contribution >= 4 is 17.5 Å². The molecule has 2 heterocycles. The maximum Gasteiger partial charge on any atom is 0.309 e. The van der Waals surface area contributed by atoms with Gasteiger partial charge in [0.25, 0.3) is 0 Å². The van der Waals surface area contributed by atoms with Gasteiger partial charge in [-0.2, -0.15) is 0 Å². The zero-order valence-electron chi connectivity index (χ0n) is 20.3. The molecule has 2 aliphatic heterocycles. The Balaban J connectivity index is 1.43. The maximum atomic E-state index is 14.3. The van der Waals surface area contributed by atoms with Gasteiger partial charge in [-0.3, -0.25) is 14.5 Å². The second-order valence-electron chi connectivity index (χ2n) is 9.25. The van der Waals surface area contributed by atoms with Crippen molar-refractivity contribution in [1.29, 1.82) is 0 Å². The van der Waals surface area contributed by atoms with E-state index in [0.717, 1.165) is 12.0 Å². The van der Waals surface area contributed by atoms with Crippen molar-refractivity contribution in [2.24, 2.45) is 5.92 Å². The van der Waals surface area contributed by atoms with Crippen LogP contribution in [0.1, 0.15) is 31.9 Å². The van der Waals surface area contributed by atoms with Crippen molar-refractivity contribution in [2.45, 2.75) is 26.3 Å². The number of hydrogen-bond donors (Lipinski definition) is 2. The van der Waals surface area contributed by atoms with Crippen LogP contribution in [0.15, 0.2) is 42.5 Å². The van der Waals surface area contributed by atoms with Gasteiger partial charge in [0, 0.05) is 39.3 Å². The van der Waals surface area contributed by atoms with Crippen LogP contribution in [-0.2, 0) is 9.59 Å². The lowest BCUT2D eigenvalue weighted by Gasteiger charge is -2.40. The number of anilines is 1. The minimum atomic E-state index is -0.649. The van der Waals surface area contributed by atoms with Gasteiger partial charge >= 0.3 is 11.8 Å². The number of amides is 2. The molecule has 0 aromatic heterocycles. The SMILES string of the molecule is CC(C)CCNC(=O)C(=O)NCC(c1ccc2c(c1)OCO2)N1CCN(c2ccccc2F)CC1. The molecular formula is C26H33FN4O4. The Morgan fingerprint density at radius 2 is 1.69 bits per heavy atom. The molecule has 0 bridgehead atoms. The number of nitrogens with one attached hydrogen (secondary N) is 2. The molecule has 4 rings (SSSR count). The summed E-state index contributed by atoms with van der Waals surface area (Å²) in [4.78, 5) is 29.0. The van der Waals surface area contributed by atoms with E-state index in [1.807, 2.05) is 29.2 Å². The first-order valence-electron chi connectivity index (χ1n) is 12.1. The molecule has 1 fully saturated rings. The highest BCUT2D eigenvalue weighted by atomic mass is 19.1.